The fraction of sp³-hybridized carbons (Fsp3) is 0.242. The molecule has 0 spiro atoms. The van der Waals surface area contributed by atoms with E-state index >= 15 is 0 Å². The second-order valence-corrected chi connectivity index (χ2v) is 13.4. The van der Waals surface area contributed by atoms with Gasteiger partial charge in [0.2, 0.25) is 0 Å². The molecule has 1 fully saturated rings. The molecule has 0 aliphatic carbocycles. The number of nitrogens with one attached hydrogen (secondary N) is 1. The van der Waals surface area contributed by atoms with Gasteiger partial charge < -0.3 is 19.6 Å². The molecule has 6 rings (SSSR count). The van der Waals surface area contributed by atoms with E-state index in [0.29, 0.717) is 16.0 Å². The van der Waals surface area contributed by atoms with Crippen LogP contribution in [0, 0.1) is 11.7 Å². The number of aryl methyl sites for hydroxylation is 1. The number of likely N-dealkylation sites (tertiary alicyclic amines) is 1. The first-order valence-electron chi connectivity index (χ1n) is 14.8. The van der Waals surface area contributed by atoms with Crippen LogP contribution in [-0.4, -0.2) is 54.5 Å². The Hall–Kier alpha value is -4.52. The third-order valence-corrected chi connectivity index (χ3v) is 10.1. The summed E-state index contributed by atoms with van der Waals surface area (Å²) in [5.41, 5.74) is 3.52. The maximum atomic E-state index is 13.6. The molecule has 0 radical (unpaired) electrons. The van der Waals surface area contributed by atoms with E-state index in [1.54, 1.807) is 12.1 Å². The van der Waals surface area contributed by atoms with E-state index in [0.717, 1.165) is 47.3 Å². The molecule has 1 N–H and O–H groups in total. The van der Waals surface area contributed by atoms with Gasteiger partial charge in [0.05, 0.1) is 21.3 Å². The molecule has 3 heterocycles. The summed E-state index contributed by atoms with van der Waals surface area (Å²) >= 11 is 5.77. The zero-order chi connectivity index (χ0) is 32.3. The minimum atomic E-state index is -4.40. The van der Waals surface area contributed by atoms with Gasteiger partial charge in [-0.3, -0.25) is 4.79 Å². The van der Waals surface area contributed by atoms with Crippen LogP contribution in [0.3, 0.4) is 0 Å². The fourth-order valence-electron chi connectivity index (χ4n) is 5.65. The lowest BCUT2D eigenvalue weighted by molar-refractivity contribution is -0.128. The SMILES string of the molecule is CN1CCC(CCn2ccc3cc(-c4cc(Nc5ccc(N(OC=O)S(=O)(=O)c6ccc(F)c(Cl)c6)cc5)ncn4)ccc32)CC1. The molecule has 238 valence electrons. The van der Waals surface area contributed by atoms with Crippen LogP contribution in [-0.2, 0) is 26.2 Å². The Morgan fingerprint density at radius 3 is 2.57 bits per heavy atom. The highest BCUT2D eigenvalue weighted by molar-refractivity contribution is 7.92. The van der Waals surface area contributed by atoms with Crippen molar-refractivity contribution in [1.82, 2.24) is 19.4 Å². The first kappa shape index (κ1) is 31.5. The largest absolute Gasteiger partial charge is 0.347 e. The van der Waals surface area contributed by atoms with Gasteiger partial charge in [-0.1, -0.05) is 22.1 Å². The van der Waals surface area contributed by atoms with Gasteiger partial charge in [-0.2, -0.15) is 8.42 Å². The lowest BCUT2D eigenvalue weighted by Crippen LogP contribution is -2.30. The number of fused-ring (bicyclic) bond motifs is 1. The van der Waals surface area contributed by atoms with Crippen molar-refractivity contribution < 1.29 is 22.4 Å². The summed E-state index contributed by atoms with van der Waals surface area (Å²) in [6.45, 7) is 3.34. The van der Waals surface area contributed by atoms with Crippen LogP contribution in [0.2, 0.25) is 5.02 Å². The molecule has 1 aliphatic rings. The van der Waals surface area contributed by atoms with Gasteiger partial charge in [0.25, 0.3) is 10.0 Å². The van der Waals surface area contributed by atoms with Crippen LogP contribution in [0.1, 0.15) is 19.3 Å². The number of nitrogens with zero attached hydrogens (tertiary/aromatic N) is 5. The van der Waals surface area contributed by atoms with Crippen LogP contribution < -0.4 is 9.79 Å². The van der Waals surface area contributed by atoms with Crippen LogP contribution in [0.4, 0.5) is 21.6 Å². The van der Waals surface area contributed by atoms with Gasteiger partial charge in [-0.25, -0.2) is 14.4 Å². The molecule has 5 aromatic rings. The smallest absolute Gasteiger partial charge is 0.322 e. The highest BCUT2D eigenvalue weighted by atomic mass is 35.5. The molecular weight excluding hydrogens is 631 g/mol. The highest BCUT2D eigenvalue weighted by Crippen LogP contribution is 2.30. The van der Waals surface area contributed by atoms with E-state index in [9.17, 15) is 17.6 Å². The van der Waals surface area contributed by atoms with Gasteiger partial charge in [0, 0.05) is 41.0 Å². The molecular formula is C33H32ClFN6O4S. The van der Waals surface area contributed by atoms with E-state index < -0.39 is 15.8 Å². The topological polar surface area (TPSA) is 110 Å². The number of anilines is 3. The van der Waals surface area contributed by atoms with Crippen LogP contribution in [0.25, 0.3) is 22.2 Å². The monoisotopic (exact) mass is 662 g/mol. The van der Waals surface area contributed by atoms with E-state index in [4.69, 9.17) is 16.4 Å². The first-order chi connectivity index (χ1) is 22.2. The Morgan fingerprint density at radius 2 is 1.83 bits per heavy atom. The molecule has 13 heteroatoms. The Balaban J connectivity index is 1.15. The molecule has 1 saturated heterocycles. The minimum absolute atomic E-state index is 0.0139. The molecule has 0 saturated carbocycles. The number of piperidine rings is 1. The molecule has 2 aromatic heterocycles. The number of rotatable bonds is 11. The van der Waals surface area contributed by atoms with Crippen molar-refractivity contribution in [2.24, 2.45) is 5.92 Å². The quantitative estimate of drug-likeness (QED) is 0.124. The predicted octanol–water partition coefficient (Wildman–Crippen LogP) is 6.65. The van der Waals surface area contributed by atoms with E-state index in [2.05, 4.69) is 62.3 Å². The second kappa shape index (κ2) is 13.5. The lowest BCUT2D eigenvalue weighted by atomic mass is 9.94. The molecule has 0 atom stereocenters. The van der Waals surface area contributed by atoms with E-state index in [1.165, 1.54) is 56.3 Å². The van der Waals surface area contributed by atoms with Gasteiger partial charge in [-0.05, 0) is 106 Å². The number of carbonyl (C=O) groups excluding carboxylic acids is 1. The van der Waals surface area contributed by atoms with Crippen molar-refractivity contribution in [3.05, 3.63) is 96.2 Å². The summed E-state index contributed by atoms with van der Waals surface area (Å²) < 4.78 is 42.7. The molecule has 3 aromatic carbocycles. The molecule has 10 nitrogen and oxygen atoms in total. The summed E-state index contributed by atoms with van der Waals surface area (Å²) in [5.74, 6) is 0.525. The summed E-state index contributed by atoms with van der Waals surface area (Å²) in [5, 5.41) is 3.95. The van der Waals surface area contributed by atoms with Crippen molar-refractivity contribution in [3.63, 3.8) is 0 Å². The Labute approximate surface area is 271 Å². The third-order valence-electron chi connectivity index (χ3n) is 8.25. The summed E-state index contributed by atoms with van der Waals surface area (Å²) in [6.07, 6.45) is 7.33. The third kappa shape index (κ3) is 6.84. The van der Waals surface area contributed by atoms with Crippen LogP contribution >= 0.6 is 11.6 Å². The number of benzene rings is 3. The van der Waals surface area contributed by atoms with Crippen molar-refractivity contribution in [3.8, 4) is 11.3 Å². The number of halogens is 2. The van der Waals surface area contributed by atoms with Gasteiger partial charge in [0.1, 0.15) is 18.0 Å². The fourth-order valence-corrected chi connectivity index (χ4v) is 7.14. The standard InChI is InChI=1S/C33H32ClFN6O4S/c1-39-14-10-23(11-15-39)12-16-40-17-13-25-18-24(2-9-32(25)40)31-20-33(37-21-36-31)38-26-3-5-27(6-4-26)41(45-22-42)46(43,44)28-7-8-30(35)29(34)19-28/h2-9,13,17-23H,10-12,14-16H2,1H3,(H,36,37,38). The van der Waals surface area contributed by atoms with Crippen LogP contribution in [0.5, 0.6) is 0 Å². The molecule has 0 bridgehead atoms. The van der Waals surface area contributed by atoms with Gasteiger partial charge >= 0.3 is 6.47 Å². The summed E-state index contributed by atoms with van der Waals surface area (Å²) in [7, 11) is -2.21. The van der Waals surface area contributed by atoms with Crippen LogP contribution in [0.15, 0.2) is 90.2 Å². The maximum Gasteiger partial charge on any atom is 0.322 e. The van der Waals surface area contributed by atoms with E-state index in [1.807, 2.05) is 6.07 Å². The molecule has 0 amide bonds. The average molecular weight is 663 g/mol. The lowest BCUT2D eigenvalue weighted by Gasteiger charge is -2.29. The van der Waals surface area contributed by atoms with Crippen molar-refractivity contribution in [2.75, 3.05) is 29.9 Å². The molecule has 0 unspecified atom stereocenters. The zero-order valence-electron chi connectivity index (χ0n) is 25.0. The normalized spacial score (nSPS) is 14.3. The molecule has 46 heavy (non-hydrogen) atoms. The highest BCUT2D eigenvalue weighted by Gasteiger charge is 2.28. The number of aromatic nitrogens is 3. The minimum Gasteiger partial charge on any atom is -0.347 e. The zero-order valence-corrected chi connectivity index (χ0v) is 26.6. The Morgan fingerprint density at radius 1 is 1.04 bits per heavy atom. The second-order valence-electron chi connectivity index (χ2n) is 11.3. The number of carbonyl (C=O) groups is 1. The number of hydrogen-bond donors (Lipinski definition) is 1. The summed E-state index contributed by atoms with van der Waals surface area (Å²) in [4.78, 5) is 26.8. The van der Waals surface area contributed by atoms with Crippen molar-refractivity contribution >= 4 is 56.2 Å². The van der Waals surface area contributed by atoms with Gasteiger partial charge in [-0.15, -0.1) is 0 Å². The van der Waals surface area contributed by atoms with Crippen molar-refractivity contribution in [1.29, 1.82) is 0 Å². The predicted molar refractivity (Wildman–Crippen MR) is 176 cm³/mol. The Kier molecular flexibility index (Phi) is 9.20. The first-order valence-corrected chi connectivity index (χ1v) is 16.6. The number of sulfonamides is 1. The number of hydrogen-bond acceptors (Lipinski definition) is 8. The Bertz CT molecular complexity index is 1960. The summed E-state index contributed by atoms with van der Waals surface area (Å²) in [6, 6.07) is 19.3. The van der Waals surface area contributed by atoms with E-state index in [-0.39, 0.29) is 22.1 Å². The maximum absolute atomic E-state index is 13.6. The average Bonchev–Trinajstić information content (AvgIpc) is 3.47. The van der Waals surface area contributed by atoms with Gasteiger partial charge in [0.15, 0.2) is 0 Å². The molecule has 1 aliphatic heterocycles. The van der Waals surface area contributed by atoms with Crippen molar-refractivity contribution in [2.45, 2.75) is 30.7 Å².